The highest BCUT2D eigenvalue weighted by atomic mass is 79.9. The van der Waals surface area contributed by atoms with Gasteiger partial charge in [0.25, 0.3) is 0 Å². The molecule has 1 aromatic carbocycles. The Labute approximate surface area is 116 Å². The van der Waals surface area contributed by atoms with Crippen molar-refractivity contribution < 1.29 is 14.7 Å². The molecule has 0 atom stereocenters. The van der Waals surface area contributed by atoms with Crippen LogP contribution in [0.5, 0.6) is 0 Å². The Morgan fingerprint density at radius 3 is 2.84 bits per heavy atom. The second-order valence-corrected chi connectivity index (χ2v) is 4.50. The first-order valence-corrected chi connectivity index (χ1v) is 6.00. The second kappa shape index (κ2) is 5.61. The van der Waals surface area contributed by atoms with Gasteiger partial charge in [-0.05, 0) is 34.1 Å². The van der Waals surface area contributed by atoms with E-state index in [4.69, 9.17) is 5.11 Å². The smallest absolute Gasteiger partial charge is 0.335 e. The number of nitrogens with one attached hydrogen (secondary N) is 1. The summed E-state index contributed by atoms with van der Waals surface area (Å²) in [7, 11) is 0. The Hall–Kier alpha value is -2.22. The van der Waals surface area contributed by atoms with Gasteiger partial charge in [0.05, 0.1) is 11.3 Å². The van der Waals surface area contributed by atoms with Crippen molar-refractivity contribution in [2.24, 2.45) is 0 Å². The van der Waals surface area contributed by atoms with Gasteiger partial charge in [-0.15, -0.1) is 0 Å². The van der Waals surface area contributed by atoms with Crippen molar-refractivity contribution in [1.29, 1.82) is 0 Å². The summed E-state index contributed by atoms with van der Waals surface area (Å²) >= 11 is 3.24. The molecule has 0 saturated heterocycles. The summed E-state index contributed by atoms with van der Waals surface area (Å²) in [5.41, 5.74) is 0.490. The van der Waals surface area contributed by atoms with Crippen LogP contribution in [0.15, 0.2) is 35.3 Å². The molecule has 2 N–H and O–H groups in total. The summed E-state index contributed by atoms with van der Waals surface area (Å²) in [5.74, 6) is -1.38. The molecular formula is C11H9BrN4O3. The average Bonchev–Trinajstić information content (AvgIpc) is 2.84. The molecule has 0 aliphatic carbocycles. The fourth-order valence-corrected chi connectivity index (χ4v) is 1.75. The van der Waals surface area contributed by atoms with Gasteiger partial charge < -0.3 is 10.4 Å². The molecule has 2 aromatic rings. The quantitative estimate of drug-likeness (QED) is 0.885. The number of aromatic carboxylic acids is 1. The molecule has 2 rings (SSSR count). The van der Waals surface area contributed by atoms with E-state index in [1.807, 2.05) is 0 Å². The van der Waals surface area contributed by atoms with Crippen molar-refractivity contribution in [2.45, 2.75) is 6.54 Å². The average molecular weight is 325 g/mol. The molecule has 0 radical (unpaired) electrons. The van der Waals surface area contributed by atoms with Gasteiger partial charge in [0.2, 0.25) is 5.91 Å². The number of hydrogen-bond acceptors (Lipinski definition) is 4. The summed E-state index contributed by atoms with van der Waals surface area (Å²) < 4.78 is 1.97. The number of anilines is 1. The van der Waals surface area contributed by atoms with E-state index < -0.39 is 5.97 Å². The van der Waals surface area contributed by atoms with E-state index in [2.05, 4.69) is 31.3 Å². The zero-order chi connectivity index (χ0) is 13.8. The van der Waals surface area contributed by atoms with Gasteiger partial charge in [-0.3, -0.25) is 4.79 Å². The second-order valence-electron chi connectivity index (χ2n) is 3.64. The number of halogens is 1. The molecule has 19 heavy (non-hydrogen) atoms. The summed E-state index contributed by atoms with van der Waals surface area (Å²) in [4.78, 5) is 26.3. The van der Waals surface area contributed by atoms with Gasteiger partial charge in [0.1, 0.15) is 19.2 Å². The van der Waals surface area contributed by atoms with Crippen molar-refractivity contribution in [1.82, 2.24) is 14.8 Å². The fourth-order valence-electron chi connectivity index (χ4n) is 1.41. The molecule has 0 saturated carbocycles. The lowest BCUT2D eigenvalue weighted by molar-refractivity contribution is -0.116. The highest BCUT2D eigenvalue weighted by Crippen LogP contribution is 2.23. The SMILES string of the molecule is O=C(Cn1cncn1)Nc1cc(C(=O)O)ccc1Br. The number of amides is 1. The monoisotopic (exact) mass is 324 g/mol. The van der Waals surface area contributed by atoms with Crippen LogP contribution in [0.25, 0.3) is 0 Å². The van der Waals surface area contributed by atoms with E-state index in [1.54, 1.807) is 6.07 Å². The number of carbonyl (C=O) groups is 2. The summed E-state index contributed by atoms with van der Waals surface area (Å²) in [6.45, 7) is 0.00371. The van der Waals surface area contributed by atoms with Crippen LogP contribution in [0.1, 0.15) is 10.4 Å². The maximum absolute atomic E-state index is 11.7. The van der Waals surface area contributed by atoms with Gasteiger partial charge in [0, 0.05) is 4.47 Å². The molecule has 1 amide bonds. The van der Waals surface area contributed by atoms with Gasteiger partial charge in [-0.2, -0.15) is 5.10 Å². The summed E-state index contributed by atoms with van der Waals surface area (Å²) in [6, 6.07) is 4.39. The summed E-state index contributed by atoms with van der Waals surface area (Å²) in [6.07, 6.45) is 2.75. The maximum Gasteiger partial charge on any atom is 0.335 e. The minimum absolute atomic E-state index is 0.00371. The molecule has 0 unspecified atom stereocenters. The normalized spacial score (nSPS) is 10.2. The van der Waals surface area contributed by atoms with Crippen molar-refractivity contribution >= 4 is 33.5 Å². The zero-order valence-electron chi connectivity index (χ0n) is 9.58. The minimum Gasteiger partial charge on any atom is -0.478 e. The van der Waals surface area contributed by atoms with Gasteiger partial charge >= 0.3 is 5.97 Å². The summed E-state index contributed by atoms with van der Waals surface area (Å²) in [5, 5.41) is 15.3. The number of aromatic nitrogens is 3. The van der Waals surface area contributed by atoms with Crippen LogP contribution in [0.3, 0.4) is 0 Å². The van der Waals surface area contributed by atoms with Crippen LogP contribution in [-0.4, -0.2) is 31.7 Å². The van der Waals surface area contributed by atoms with E-state index in [0.717, 1.165) is 0 Å². The molecule has 0 fully saturated rings. The number of benzene rings is 1. The van der Waals surface area contributed by atoms with Crippen LogP contribution in [-0.2, 0) is 11.3 Å². The van der Waals surface area contributed by atoms with Crippen molar-refractivity contribution in [3.8, 4) is 0 Å². The van der Waals surface area contributed by atoms with E-state index in [-0.39, 0.29) is 18.0 Å². The van der Waals surface area contributed by atoms with Crippen LogP contribution >= 0.6 is 15.9 Å². The topological polar surface area (TPSA) is 97.1 Å². The number of carbonyl (C=O) groups excluding carboxylic acids is 1. The zero-order valence-corrected chi connectivity index (χ0v) is 11.2. The molecule has 0 spiro atoms. The van der Waals surface area contributed by atoms with E-state index >= 15 is 0 Å². The number of nitrogens with zero attached hydrogens (tertiary/aromatic N) is 3. The lowest BCUT2D eigenvalue weighted by atomic mass is 10.2. The molecule has 0 aliphatic rings. The first-order chi connectivity index (χ1) is 9.06. The number of carboxylic acid groups (broad SMARTS) is 1. The molecular weight excluding hydrogens is 316 g/mol. The van der Waals surface area contributed by atoms with E-state index in [9.17, 15) is 9.59 Å². The molecule has 1 aromatic heterocycles. The largest absolute Gasteiger partial charge is 0.478 e. The number of rotatable bonds is 4. The Kier molecular flexibility index (Phi) is 3.91. The van der Waals surface area contributed by atoms with Crippen LogP contribution in [0.4, 0.5) is 5.69 Å². The molecule has 8 heteroatoms. The predicted molar refractivity (Wildman–Crippen MR) is 69.8 cm³/mol. The Morgan fingerprint density at radius 1 is 1.42 bits per heavy atom. The molecule has 7 nitrogen and oxygen atoms in total. The van der Waals surface area contributed by atoms with Crippen molar-refractivity contribution in [3.63, 3.8) is 0 Å². The Bertz CT molecular complexity index is 612. The predicted octanol–water partition coefficient (Wildman–Crippen LogP) is 1.38. The molecule has 0 bridgehead atoms. The van der Waals surface area contributed by atoms with Gasteiger partial charge in [-0.1, -0.05) is 0 Å². The highest BCUT2D eigenvalue weighted by Gasteiger charge is 2.10. The Balaban J connectivity index is 2.11. The number of hydrogen-bond donors (Lipinski definition) is 2. The van der Waals surface area contributed by atoms with E-state index in [0.29, 0.717) is 10.2 Å². The van der Waals surface area contributed by atoms with Gasteiger partial charge in [0.15, 0.2) is 0 Å². The highest BCUT2D eigenvalue weighted by molar-refractivity contribution is 9.10. The standard InChI is InChI=1S/C11H9BrN4O3/c12-8-2-1-7(11(18)19)3-9(8)15-10(17)4-16-6-13-5-14-16/h1-3,5-6H,4H2,(H,15,17)(H,18,19). The van der Waals surface area contributed by atoms with Crippen molar-refractivity contribution in [2.75, 3.05) is 5.32 Å². The maximum atomic E-state index is 11.7. The first-order valence-electron chi connectivity index (χ1n) is 5.21. The minimum atomic E-state index is -1.06. The van der Waals surface area contributed by atoms with Crippen LogP contribution in [0, 0.1) is 0 Å². The van der Waals surface area contributed by atoms with E-state index in [1.165, 1.54) is 29.5 Å². The molecule has 98 valence electrons. The fraction of sp³-hybridized carbons (Fsp3) is 0.0909. The number of carboxylic acids is 1. The van der Waals surface area contributed by atoms with Crippen molar-refractivity contribution in [3.05, 3.63) is 40.9 Å². The third-order valence-corrected chi connectivity index (χ3v) is 2.95. The lowest BCUT2D eigenvalue weighted by Crippen LogP contribution is -2.19. The third kappa shape index (κ3) is 3.38. The van der Waals surface area contributed by atoms with Crippen LogP contribution in [0.2, 0.25) is 0 Å². The van der Waals surface area contributed by atoms with Gasteiger partial charge in [-0.25, -0.2) is 14.5 Å². The molecule has 1 heterocycles. The third-order valence-electron chi connectivity index (χ3n) is 2.26. The van der Waals surface area contributed by atoms with Crippen LogP contribution < -0.4 is 5.32 Å². The first kappa shape index (κ1) is 13.2. The lowest BCUT2D eigenvalue weighted by Gasteiger charge is -2.08. The Morgan fingerprint density at radius 2 is 2.21 bits per heavy atom. The molecule has 0 aliphatic heterocycles.